The molecule has 2 aromatic rings. The van der Waals surface area contributed by atoms with Gasteiger partial charge in [0, 0.05) is 13.1 Å². The Labute approximate surface area is 120 Å². The minimum absolute atomic E-state index is 0.0619. The van der Waals surface area contributed by atoms with Crippen LogP contribution in [-0.4, -0.2) is 18.2 Å². The van der Waals surface area contributed by atoms with E-state index in [2.05, 4.69) is 5.10 Å². The Morgan fingerprint density at radius 3 is 2.38 bits per heavy atom. The van der Waals surface area contributed by atoms with E-state index in [0.717, 1.165) is 6.07 Å². The van der Waals surface area contributed by atoms with Gasteiger partial charge >= 0.3 is 0 Å². The number of nitrogens with one attached hydrogen (secondary N) is 1. The maximum absolute atomic E-state index is 13.7. The summed E-state index contributed by atoms with van der Waals surface area (Å²) in [6, 6.07) is 1.39. The molecular formula is C12H14F2N4O2S. The van der Waals surface area contributed by atoms with E-state index in [1.54, 1.807) is 14.0 Å². The number of nitrogen functional groups attached to an aromatic ring is 1. The zero-order chi connectivity index (χ0) is 15.9. The fourth-order valence-corrected chi connectivity index (χ4v) is 3.57. The van der Waals surface area contributed by atoms with Gasteiger partial charge in [0.05, 0.1) is 17.1 Å². The van der Waals surface area contributed by atoms with Crippen LogP contribution >= 0.6 is 0 Å². The summed E-state index contributed by atoms with van der Waals surface area (Å²) in [6.45, 7) is 3.09. The molecule has 0 fully saturated rings. The first-order valence-electron chi connectivity index (χ1n) is 5.91. The fraction of sp³-hybridized carbons (Fsp3) is 0.250. The lowest BCUT2D eigenvalue weighted by molar-refractivity contribution is 0.583. The van der Waals surface area contributed by atoms with Gasteiger partial charge in [-0.15, -0.1) is 0 Å². The summed E-state index contributed by atoms with van der Waals surface area (Å²) in [5.74, 6) is -1.98. The topological polar surface area (TPSA) is 90.0 Å². The number of hydrogen-bond donors (Lipinski definition) is 2. The Morgan fingerprint density at radius 2 is 1.90 bits per heavy atom. The second-order valence-electron chi connectivity index (χ2n) is 4.58. The predicted molar refractivity (Wildman–Crippen MR) is 74.3 cm³/mol. The number of halogens is 2. The highest BCUT2D eigenvalue weighted by Gasteiger charge is 2.26. The normalized spacial score (nSPS) is 11.7. The largest absolute Gasteiger partial charge is 0.397 e. The number of hydrogen-bond acceptors (Lipinski definition) is 4. The van der Waals surface area contributed by atoms with Gasteiger partial charge in [-0.25, -0.2) is 17.2 Å². The van der Waals surface area contributed by atoms with Gasteiger partial charge < -0.3 is 5.73 Å². The molecule has 0 radical (unpaired) electrons. The van der Waals surface area contributed by atoms with E-state index in [0.29, 0.717) is 11.8 Å². The molecule has 0 aliphatic carbocycles. The first-order chi connectivity index (χ1) is 9.63. The third kappa shape index (κ3) is 2.68. The van der Waals surface area contributed by atoms with Crippen LogP contribution in [0, 0.1) is 25.5 Å². The van der Waals surface area contributed by atoms with E-state index in [4.69, 9.17) is 5.73 Å². The maximum Gasteiger partial charge on any atom is 0.265 e. The van der Waals surface area contributed by atoms with Gasteiger partial charge in [0.2, 0.25) is 0 Å². The molecule has 0 aliphatic heterocycles. The summed E-state index contributed by atoms with van der Waals surface area (Å²) in [7, 11) is -2.50. The van der Waals surface area contributed by atoms with Crippen LogP contribution in [0.15, 0.2) is 17.0 Å². The molecular weight excluding hydrogens is 302 g/mol. The molecule has 0 saturated carbocycles. The third-order valence-electron chi connectivity index (χ3n) is 3.03. The van der Waals surface area contributed by atoms with Gasteiger partial charge in [0.1, 0.15) is 16.4 Å². The van der Waals surface area contributed by atoms with Crippen LogP contribution in [0.2, 0.25) is 0 Å². The highest BCUT2D eigenvalue weighted by molar-refractivity contribution is 7.92. The van der Waals surface area contributed by atoms with Crippen molar-refractivity contribution in [3.63, 3.8) is 0 Å². The van der Waals surface area contributed by atoms with Gasteiger partial charge in [-0.05, 0) is 19.9 Å². The van der Waals surface area contributed by atoms with Crippen LogP contribution < -0.4 is 10.5 Å². The molecule has 0 saturated heterocycles. The van der Waals surface area contributed by atoms with Crippen LogP contribution in [0.25, 0.3) is 0 Å². The van der Waals surface area contributed by atoms with Crippen molar-refractivity contribution >= 4 is 21.4 Å². The first-order valence-corrected chi connectivity index (χ1v) is 7.39. The number of nitrogens with two attached hydrogens (primary N) is 1. The molecule has 3 N–H and O–H groups in total. The molecule has 9 heteroatoms. The van der Waals surface area contributed by atoms with Crippen molar-refractivity contribution < 1.29 is 17.2 Å². The molecule has 0 unspecified atom stereocenters. The Balaban J connectivity index is 2.53. The molecule has 1 aromatic heterocycles. The average molecular weight is 316 g/mol. The third-order valence-corrected chi connectivity index (χ3v) is 4.63. The second kappa shape index (κ2) is 4.99. The molecule has 0 aliphatic rings. The van der Waals surface area contributed by atoms with Crippen molar-refractivity contribution in [2.45, 2.75) is 18.7 Å². The van der Waals surface area contributed by atoms with Crippen LogP contribution in [0.5, 0.6) is 0 Å². The number of benzene rings is 1. The highest BCUT2D eigenvalue weighted by atomic mass is 32.2. The van der Waals surface area contributed by atoms with Crippen LogP contribution in [0.1, 0.15) is 11.4 Å². The SMILES string of the molecule is Cc1nn(C)c(C)c1S(=O)(=O)Nc1c(N)cc(F)cc1F. The molecule has 0 bridgehead atoms. The Hall–Kier alpha value is -2.16. The molecule has 114 valence electrons. The van der Waals surface area contributed by atoms with Crippen LogP contribution in [-0.2, 0) is 17.1 Å². The van der Waals surface area contributed by atoms with E-state index in [9.17, 15) is 17.2 Å². The minimum atomic E-state index is -4.09. The minimum Gasteiger partial charge on any atom is -0.397 e. The van der Waals surface area contributed by atoms with E-state index in [1.807, 2.05) is 4.72 Å². The molecule has 0 amide bonds. The standard InChI is InChI=1S/C12H14F2N4O2S/c1-6-12(7(2)18(3)16-6)21(19,20)17-11-9(14)4-8(13)5-10(11)15/h4-5,17H,15H2,1-3H3. The average Bonchev–Trinajstić information content (AvgIpc) is 2.58. The zero-order valence-corrected chi connectivity index (χ0v) is 12.4. The number of aromatic nitrogens is 2. The summed E-state index contributed by atoms with van der Waals surface area (Å²) >= 11 is 0. The second-order valence-corrected chi connectivity index (χ2v) is 6.20. The Morgan fingerprint density at radius 1 is 1.29 bits per heavy atom. The van der Waals surface area contributed by atoms with Crippen molar-refractivity contribution in [2.75, 3.05) is 10.5 Å². The molecule has 0 spiro atoms. The van der Waals surface area contributed by atoms with E-state index < -0.39 is 27.3 Å². The zero-order valence-electron chi connectivity index (χ0n) is 11.6. The summed E-state index contributed by atoms with van der Waals surface area (Å²) < 4.78 is 54.9. The van der Waals surface area contributed by atoms with E-state index >= 15 is 0 Å². The van der Waals surface area contributed by atoms with Gasteiger partial charge in [-0.1, -0.05) is 0 Å². The Bertz CT molecular complexity index is 792. The summed E-state index contributed by atoms with van der Waals surface area (Å²) in [6.07, 6.45) is 0. The molecule has 1 heterocycles. The van der Waals surface area contributed by atoms with Gasteiger partial charge in [0.25, 0.3) is 10.0 Å². The smallest absolute Gasteiger partial charge is 0.265 e. The van der Waals surface area contributed by atoms with E-state index in [-0.39, 0.29) is 16.3 Å². The maximum atomic E-state index is 13.7. The molecule has 0 atom stereocenters. The van der Waals surface area contributed by atoms with Crippen LogP contribution in [0.4, 0.5) is 20.2 Å². The lowest BCUT2D eigenvalue weighted by Crippen LogP contribution is -2.17. The number of nitrogens with zero attached hydrogens (tertiary/aromatic N) is 2. The highest BCUT2D eigenvalue weighted by Crippen LogP contribution is 2.28. The van der Waals surface area contributed by atoms with Crippen molar-refractivity contribution in [2.24, 2.45) is 7.05 Å². The lowest BCUT2D eigenvalue weighted by Gasteiger charge is -2.11. The lowest BCUT2D eigenvalue weighted by atomic mass is 10.2. The van der Waals surface area contributed by atoms with Crippen LogP contribution in [0.3, 0.4) is 0 Å². The fourth-order valence-electron chi connectivity index (χ4n) is 2.03. The van der Waals surface area contributed by atoms with Gasteiger partial charge in [-0.3, -0.25) is 9.40 Å². The number of rotatable bonds is 3. The summed E-state index contributed by atoms with van der Waals surface area (Å²) in [5, 5.41) is 3.99. The predicted octanol–water partition coefficient (Wildman–Crippen LogP) is 1.70. The number of sulfonamides is 1. The van der Waals surface area contributed by atoms with Gasteiger partial charge in [0.15, 0.2) is 5.82 Å². The van der Waals surface area contributed by atoms with Gasteiger partial charge in [-0.2, -0.15) is 5.10 Å². The van der Waals surface area contributed by atoms with Crippen molar-refractivity contribution in [3.8, 4) is 0 Å². The number of anilines is 2. The summed E-state index contributed by atoms with van der Waals surface area (Å²) in [5.41, 5.74) is 5.29. The number of aryl methyl sites for hydroxylation is 2. The van der Waals surface area contributed by atoms with Crippen molar-refractivity contribution in [3.05, 3.63) is 35.2 Å². The quantitative estimate of drug-likeness (QED) is 0.843. The van der Waals surface area contributed by atoms with E-state index in [1.165, 1.54) is 11.6 Å². The molecule has 6 nitrogen and oxygen atoms in total. The van der Waals surface area contributed by atoms with Crippen molar-refractivity contribution in [1.29, 1.82) is 0 Å². The molecule has 21 heavy (non-hydrogen) atoms. The van der Waals surface area contributed by atoms with Crippen molar-refractivity contribution in [1.82, 2.24) is 9.78 Å². The Kier molecular flexibility index (Phi) is 3.62. The molecule has 2 rings (SSSR count). The monoisotopic (exact) mass is 316 g/mol. The summed E-state index contributed by atoms with van der Waals surface area (Å²) in [4.78, 5) is -0.0619. The molecule has 1 aromatic carbocycles. The first kappa shape index (κ1) is 15.2.